The minimum absolute atomic E-state index is 0.594. The summed E-state index contributed by atoms with van der Waals surface area (Å²) in [6.07, 6.45) is 0. The summed E-state index contributed by atoms with van der Waals surface area (Å²) in [4.78, 5) is 15.3. The molecule has 0 radical (unpaired) electrons. The maximum Gasteiger partial charge on any atom is 0.164 e. The molecule has 0 aliphatic heterocycles. The second-order valence-corrected chi connectivity index (χ2v) is 14.4. The van der Waals surface area contributed by atoms with E-state index < -0.39 is 0 Å². The number of nitrogens with zero attached hydrogens (tertiary/aromatic N) is 3. The molecule has 0 fully saturated rings. The van der Waals surface area contributed by atoms with E-state index in [1.165, 1.54) is 37.9 Å². The van der Waals surface area contributed by atoms with Gasteiger partial charge >= 0.3 is 0 Å². The van der Waals surface area contributed by atoms with Crippen LogP contribution < -0.4 is 0 Å². The lowest BCUT2D eigenvalue weighted by Gasteiger charge is -2.14. The van der Waals surface area contributed by atoms with E-state index in [4.69, 9.17) is 19.4 Å². The third kappa shape index (κ3) is 5.92. The Labute approximate surface area is 329 Å². The molecule has 0 N–H and O–H groups in total. The predicted molar refractivity (Wildman–Crippen MR) is 235 cm³/mol. The van der Waals surface area contributed by atoms with E-state index in [0.717, 1.165) is 55.7 Å². The molecule has 0 bridgehead atoms. The first kappa shape index (κ1) is 32.7. The van der Waals surface area contributed by atoms with E-state index >= 15 is 0 Å². The quantitative estimate of drug-likeness (QED) is 0.126. The highest BCUT2D eigenvalue weighted by atomic mass is 16.3. The molecule has 2 aromatic heterocycles. The molecule has 11 rings (SSSR count). The van der Waals surface area contributed by atoms with E-state index in [1.807, 2.05) is 36.4 Å². The first-order chi connectivity index (χ1) is 28.2. The zero-order chi connectivity index (χ0) is 37.7. The first-order valence-corrected chi connectivity index (χ1v) is 19.2. The summed E-state index contributed by atoms with van der Waals surface area (Å²) < 4.78 is 6.25. The van der Waals surface area contributed by atoms with E-state index in [9.17, 15) is 0 Å². The number of hydrogen-bond donors (Lipinski definition) is 0. The molecule has 0 atom stereocenters. The highest BCUT2D eigenvalue weighted by Crippen LogP contribution is 2.40. The summed E-state index contributed by atoms with van der Waals surface area (Å²) in [7, 11) is 0. The Morgan fingerprint density at radius 1 is 0.281 bits per heavy atom. The number of aromatic nitrogens is 3. The van der Waals surface area contributed by atoms with Gasteiger partial charge < -0.3 is 4.42 Å². The molecule has 0 amide bonds. The molecular formula is C53H33N3O. The highest BCUT2D eigenvalue weighted by Gasteiger charge is 2.16. The molecule has 266 valence electrons. The van der Waals surface area contributed by atoms with Crippen molar-refractivity contribution in [2.75, 3.05) is 0 Å². The lowest BCUT2D eigenvalue weighted by Crippen LogP contribution is -2.00. The first-order valence-electron chi connectivity index (χ1n) is 19.2. The number of furan rings is 1. The van der Waals surface area contributed by atoms with E-state index in [-0.39, 0.29) is 0 Å². The molecule has 4 heteroatoms. The van der Waals surface area contributed by atoms with Gasteiger partial charge in [-0.15, -0.1) is 0 Å². The highest BCUT2D eigenvalue weighted by molar-refractivity contribution is 6.20. The monoisotopic (exact) mass is 727 g/mol. The van der Waals surface area contributed by atoms with Crippen LogP contribution in [0.1, 0.15) is 0 Å². The minimum Gasteiger partial charge on any atom is -0.456 e. The zero-order valence-electron chi connectivity index (χ0n) is 30.8. The van der Waals surface area contributed by atoms with Crippen LogP contribution in [0.25, 0.3) is 111 Å². The number of rotatable bonds is 6. The van der Waals surface area contributed by atoms with Crippen molar-refractivity contribution in [3.05, 3.63) is 200 Å². The van der Waals surface area contributed by atoms with Crippen LogP contribution in [-0.4, -0.2) is 15.0 Å². The normalized spacial score (nSPS) is 11.5. The van der Waals surface area contributed by atoms with Gasteiger partial charge in [-0.3, -0.25) is 0 Å². The van der Waals surface area contributed by atoms with Crippen LogP contribution in [0.5, 0.6) is 0 Å². The Hall–Kier alpha value is -7.69. The SMILES string of the molecule is c1ccc(-c2ccc(-c3nc(-c4ccc(-c5c6ccccc6cc6c5ccc5ccccc56)cc4)nc(-c4cccc(-c5cc6ccccc6o5)c4)n3)cc2)cc1. The second-order valence-electron chi connectivity index (χ2n) is 14.4. The number of hydrogen-bond acceptors (Lipinski definition) is 4. The Morgan fingerprint density at radius 2 is 0.825 bits per heavy atom. The molecule has 0 aliphatic carbocycles. The van der Waals surface area contributed by atoms with Gasteiger partial charge in [-0.25, -0.2) is 15.0 Å². The van der Waals surface area contributed by atoms with Crippen LogP contribution >= 0.6 is 0 Å². The fourth-order valence-electron chi connectivity index (χ4n) is 8.06. The molecule has 0 spiro atoms. The summed E-state index contributed by atoms with van der Waals surface area (Å²) in [5.74, 6) is 2.61. The molecule has 0 saturated heterocycles. The van der Waals surface area contributed by atoms with E-state index in [0.29, 0.717) is 17.5 Å². The van der Waals surface area contributed by atoms with Crippen LogP contribution in [-0.2, 0) is 0 Å². The minimum atomic E-state index is 0.594. The molecule has 2 heterocycles. The van der Waals surface area contributed by atoms with Gasteiger partial charge in [0.25, 0.3) is 0 Å². The average molecular weight is 728 g/mol. The fourth-order valence-corrected chi connectivity index (χ4v) is 8.06. The van der Waals surface area contributed by atoms with Gasteiger partial charge in [-0.05, 0) is 78.8 Å². The van der Waals surface area contributed by atoms with Crippen molar-refractivity contribution in [2.24, 2.45) is 0 Å². The van der Waals surface area contributed by atoms with Crippen molar-refractivity contribution >= 4 is 43.3 Å². The lowest BCUT2D eigenvalue weighted by atomic mass is 9.89. The zero-order valence-corrected chi connectivity index (χ0v) is 30.8. The largest absolute Gasteiger partial charge is 0.456 e. The Balaban J connectivity index is 1.04. The molecule has 0 unspecified atom stereocenters. The van der Waals surface area contributed by atoms with Crippen LogP contribution in [0.15, 0.2) is 205 Å². The van der Waals surface area contributed by atoms with Gasteiger partial charge in [0.2, 0.25) is 0 Å². The maximum absolute atomic E-state index is 6.25. The predicted octanol–water partition coefficient (Wildman–Crippen LogP) is 14.1. The van der Waals surface area contributed by atoms with Gasteiger partial charge in [-0.2, -0.15) is 0 Å². The average Bonchev–Trinajstić information content (AvgIpc) is 3.73. The van der Waals surface area contributed by atoms with Crippen molar-refractivity contribution in [1.82, 2.24) is 15.0 Å². The number of para-hydroxylation sites is 1. The molecule has 0 aliphatic rings. The van der Waals surface area contributed by atoms with Gasteiger partial charge in [0.1, 0.15) is 11.3 Å². The summed E-state index contributed by atoms with van der Waals surface area (Å²) in [5.41, 5.74) is 9.18. The number of benzene rings is 9. The summed E-state index contributed by atoms with van der Waals surface area (Å²) in [5, 5.41) is 8.48. The molecule has 0 saturated carbocycles. The van der Waals surface area contributed by atoms with Crippen molar-refractivity contribution in [2.45, 2.75) is 0 Å². The van der Waals surface area contributed by atoms with E-state index in [2.05, 4.69) is 164 Å². The topological polar surface area (TPSA) is 51.8 Å². The summed E-state index contributed by atoms with van der Waals surface area (Å²) >= 11 is 0. The standard InChI is InChI=1S/C53H33N3O/c1-2-11-34(12-3-1)35-21-25-38(26-22-35)51-54-52(56-53(55-51)43-17-10-16-41(31-43)49-33-42-15-6-9-20-48(42)57-49)39-27-23-37(24-28-39)50-45-19-8-5-14-40(45)32-47-44-18-7-4-13-36(44)29-30-46(47)50/h1-33H. The summed E-state index contributed by atoms with van der Waals surface area (Å²) in [6, 6.07) is 70.0. The van der Waals surface area contributed by atoms with Crippen molar-refractivity contribution in [3.8, 4) is 67.7 Å². The molecule has 57 heavy (non-hydrogen) atoms. The fraction of sp³-hybridized carbons (Fsp3) is 0. The summed E-state index contributed by atoms with van der Waals surface area (Å²) in [6.45, 7) is 0. The molecular weight excluding hydrogens is 695 g/mol. The van der Waals surface area contributed by atoms with Gasteiger partial charge in [0.05, 0.1) is 0 Å². The van der Waals surface area contributed by atoms with Crippen molar-refractivity contribution in [1.29, 1.82) is 0 Å². The van der Waals surface area contributed by atoms with Crippen LogP contribution in [0, 0.1) is 0 Å². The second kappa shape index (κ2) is 13.6. The third-order valence-corrected chi connectivity index (χ3v) is 10.9. The molecule has 11 aromatic rings. The smallest absolute Gasteiger partial charge is 0.164 e. The van der Waals surface area contributed by atoms with Crippen LogP contribution in [0.2, 0.25) is 0 Å². The Bertz CT molecular complexity index is 3240. The Morgan fingerprint density at radius 3 is 1.56 bits per heavy atom. The molecule has 9 aromatic carbocycles. The van der Waals surface area contributed by atoms with Crippen LogP contribution in [0.4, 0.5) is 0 Å². The van der Waals surface area contributed by atoms with Gasteiger partial charge in [-0.1, -0.05) is 176 Å². The lowest BCUT2D eigenvalue weighted by molar-refractivity contribution is 0.631. The number of fused-ring (bicyclic) bond motifs is 5. The van der Waals surface area contributed by atoms with Gasteiger partial charge in [0.15, 0.2) is 17.5 Å². The van der Waals surface area contributed by atoms with Crippen molar-refractivity contribution < 1.29 is 4.42 Å². The van der Waals surface area contributed by atoms with Gasteiger partial charge in [0, 0.05) is 27.6 Å². The van der Waals surface area contributed by atoms with E-state index in [1.54, 1.807) is 0 Å². The Kier molecular flexibility index (Phi) is 7.78. The molecule has 4 nitrogen and oxygen atoms in total. The van der Waals surface area contributed by atoms with Crippen LogP contribution in [0.3, 0.4) is 0 Å². The van der Waals surface area contributed by atoms with Crippen molar-refractivity contribution in [3.63, 3.8) is 0 Å². The third-order valence-electron chi connectivity index (χ3n) is 10.9. The maximum atomic E-state index is 6.25.